The van der Waals surface area contributed by atoms with Gasteiger partial charge in [-0.2, -0.15) is 0 Å². The van der Waals surface area contributed by atoms with Crippen LogP contribution in [0.1, 0.15) is 18.1 Å². The molecule has 0 aromatic heterocycles. The molecule has 0 amide bonds. The van der Waals surface area contributed by atoms with E-state index < -0.39 is 11.3 Å². The predicted molar refractivity (Wildman–Crippen MR) is 83.0 cm³/mol. The number of hydrogen-bond acceptors (Lipinski definition) is 2. The average Bonchev–Trinajstić information content (AvgIpc) is 2.47. The van der Waals surface area contributed by atoms with E-state index in [4.69, 9.17) is 23.2 Å². The normalized spacial score (nSPS) is 13.4. The summed E-state index contributed by atoms with van der Waals surface area (Å²) in [7, 11) is -0.331. The summed E-state index contributed by atoms with van der Waals surface area (Å²) in [4.78, 5) is 0. The molecule has 0 saturated heterocycles. The van der Waals surface area contributed by atoms with Crippen molar-refractivity contribution >= 4 is 31.7 Å². The number of benzene rings is 2. The van der Waals surface area contributed by atoms with Gasteiger partial charge in [0, 0.05) is 10.0 Å². The van der Waals surface area contributed by atoms with E-state index in [1.54, 1.807) is 24.3 Å². The van der Waals surface area contributed by atoms with Crippen molar-refractivity contribution in [1.29, 1.82) is 0 Å². The third-order valence-electron chi connectivity index (χ3n) is 3.50. The molecule has 2 aromatic rings. The molecule has 104 valence electrons. The number of aliphatic hydroxyl groups is 1. The fraction of sp³-hybridized carbons (Fsp3) is 0.200. The van der Waals surface area contributed by atoms with Gasteiger partial charge in [-0.1, -0.05) is 47.5 Å². The van der Waals surface area contributed by atoms with Crippen molar-refractivity contribution in [2.24, 2.45) is 0 Å². The molecule has 0 saturated carbocycles. The quantitative estimate of drug-likeness (QED) is 0.810. The lowest BCUT2D eigenvalue weighted by Gasteiger charge is -2.32. The molecule has 20 heavy (non-hydrogen) atoms. The molecule has 0 radical (unpaired) electrons. The monoisotopic (exact) mass is 326 g/mol. The highest BCUT2D eigenvalue weighted by Gasteiger charge is 2.37. The zero-order valence-electron chi connectivity index (χ0n) is 10.8. The molecule has 5 heteroatoms. The summed E-state index contributed by atoms with van der Waals surface area (Å²) in [6.45, 7) is 1.84. The molecule has 0 aliphatic heterocycles. The second-order valence-electron chi connectivity index (χ2n) is 4.70. The molecule has 2 rings (SSSR count). The lowest BCUT2D eigenvalue weighted by atomic mass is 9.76. The van der Waals surface area contributed by atoms with Crippen molar-refractivity contribution in [3.63, 3.8) is 0 Å². The SMILES string of the molecule is CC(c1ccc(Cl)cc1)(c1ccc(Cl)cc1)C(O)P=O. The van der Waals surface area contributed by atoms with Crippen molar-refractivity contribution < 1.29 is 9.67 Å². The smallest absolute Gasteiger partial charge is 0.188 e. The zero-order chi connectivity index (χ0) is 14.8. The minimum atomic E-state index is -1.06. The average molecular weight is 327 g/mol. The van der Waals surface area contributed by atoms with Gasteiger partial charge in [0.25, 0.3) is 0 Å². The van der Waals surface area contributed by atoms with Crippen LogP contribution in [0.5, 0.6) is 0 Å². The molecule has 0 aliphatic carbocycles. The van der Waals surface area contributed by atoms with Gasteiger partial charge in [0.05, 0.1) is 5.41 Å². The van der Waals surface area contributed by atoms with Gasteiger partial charge >= 0.3 is 0 Å². The van der Waals surface area contributed by atoms with Crippen LogP contribution < -0.4 is 0 Å². The Morgan fingerprint density at radius 1 is 0.950 bits per heavy atom. The fourth-order valence-electron chi connectivity index (χ4n) is 2.16. The second-order valence-corrected chi connectivity index (χ2v) is 6.27. The maximum absolute atomic E-state index is 11.2. The standard InChI is InChI=1S/C15H13Cl2O2P/c1-15(14(18)20-19,10-2-6-12(16)7-3-10)11-4-8-13(17)9-5-11/h2-9,14,18H,1H3. The summed E-state index contributed by atoms with van der Waals surface area (Å²) in [5, 5.41) is 11.5. The summed E-state index contributed by atoms with van der Waals surface area (Å²) < 4.78 is 11.2. The first-order valence-electron chi connectivity index (χ1n) is 6.01. The fourth-order valence-corrected chi connectivity index (χ4v) is 2.92. The highest BCUT2D eigenvalue weighted by Crippen LogP contribution is 2.40. The van der Waals surface area contributed by atoms with E-state index in [0.29, 0.717) is 10.0 Å². The lowest BCUT2D eigenvalue weighted by Crippen LogP contribution is -2.34. The molecule has 2 aromatic carbocycles. The largest absolute Gasteiger partial charge is 0.380 e. The number of aliphatic hydroxyl groups excluding tert-OH is 1. The molecule has 0 aliphatic rings. The van der Waals surface area contributed by atoms with Crippen molar-refractivity contribution in [1.82, 2.24) is 0 Å². The van der Waals surface area contributed by atoms with Gasteiger partial charge in [-0.3, -0.25) is 4.57 Å². The maximum Gasteiger partial charge on any atom is 0.188 e. The van der Waals surface area contributed by atoms with Gasteiger partial charge in [0.2, 0.25) is 0 Å². The maximum atomic E-state index is 11.2. The first-order chi connectivity index (χ1) is 9.48. The van der Waals surface area contributed by atoms with Gasteiger partial charge in [0.1, 0.15) is 5.85 Å². The van der Waals surface area contributed by atoms with E-state index in [-0.39, 0.29) is 8.46 Å². The molecule has 0 fully saturated rings. The molecule has 0 heterocycles. The summed E-state index contributed by atoms with van der Waals surface area (Å²) in [5.41, 5.74) is 0.860. The van der Waals surface area contributed by atoms with Gasteiger partial charge in [0.15, 0.2) is 8.46 Å². The van der Waals surface area contributed by atoms with E-state index in [0.717, 1.165) is 11.1 Å². The predicted octanol–water partition coefficient (Wildman–Crippen LogP) is 4.91. The second kappa shape index (κ2) is 6.24. The van der Waals surface area contributed by atoms with Gasteiger partial charge < -0.3 is 5.11 Å². The van der Waals surface area contributed by atoms with Crippen LogP contribution in [0.15, 0.2) is 48.5 Å². The van der Waals surface area contributed by atoms with Gasteiger partial charge in [-0.25, -0.2) is 0 Å². The van der Waals surface area contributed by atoms with Crippen LogP contribution in [0, 0.1) is 0 Å². The van der Waals surface area contributed by atoms with Crippen LogP contribution in [0.3, 0.4) is 0 Å². The van der Waals surface area contributed by atoms with Crippen LogP contribution in [-0.4, -0.2) is 11.0 Å². The third kappa shape index (κ3) is 2.89. The summed E-state index contributed by atoms with van der Waals surface area (Å²) in [5.74, 6) is -1.06. The highest BCUT2D eigenvalue weighted by atomic mass is 35.5. The third-order valence-corrected chi connectivity index (χ3v) is 4.72. The molecule has 0 spiro atoms. The van der Waals surface area contributed by atoms with E-state index in [1.807, 2.05) is 31.2 Å². The van der Waals surface area contributed by atoms with Crippen LogP contribution >= 0.6 is 31.7 Å². The van der Waals surface area contributed by atoms with Gasteiger partial charge in [-0.05, 0) is 42.3 Å². The number of rotatable bonds is 4. The Labute approximate surface area is 129 Å². The number of hydrogen-bond donors (Lipinski definition) is 1. The summed E-state index contributed by atoms with van der Waals surface area (Å²) in [6, 6.07) is 14.3. The van der Waals surface area contributed by atoms with Crippen LogP contribution in [0.2, 0.25) is 10.0 Å². The summed E-state index contributed by atoms with van der Waals surface area (Å²) in [6.07, 6.45) is 0. The van der Waals surface area contributed by atoms with E-state index in [1.165, 1.54) is 0 Å². The highest BCUT2D eigenvalue weighted by molar-refractivity contribution is 7.24. The van der Waals surface area contributed by atoms with Crippen LogP contribution in [0.25, 0.3) is 0 Å². The molecule has 1 N–H and O–H groups in total. The van der Waals surface area contributed by atoms with Crippen molar-refractivity contribution in [2.75, 3.05) is 0 Å². The number of halogens is 2. The van der Waals surface area contributed by atoms with Crippen molar-refractivity contribution in [3.05, 3.63) is 69.7 Å². The Morgan fingerprint density at radius 2 is 1.30 bits per heavy atom. The zero-order valence-corrected chi connectivity index (χ0v) is 13.2. The lowest BCUT2D eigenvalue weighted by molar-refractivity contribution is 0.189. The molecule has 1 unspecified atom stereocenters. The first-order valence-corrected chi connectivity index (χ1v) is 7.65. The first kappa shape index (κ1) is 15.5. The van der Waals surface area contributed by atoms with Crippen molar-refractivity contribution in [2.45, 2.75) is 18.2 Å². The Kier molecular flexibility index (Phi) is 4.82. The Morgan fingerprint density at radius 3 is 1.60 bits per heavy atom. The Bertz CT molecular complexity index is 551. The topological polar surface area (TPSA) is 37.3 Å². The Balaban J connectivity index is 2.58. The summed E-state index contributed by atoms with van der Waals surface area (Å²) >= 11 is 11.8. The molecule has 2 nitrogen and oxygen atoms in total. The molecule has 1 atom stereocenters. The van der Waals surface area contributed by atoms with Crippen molar-refractivity contribution in [3.8, 4) is 0 Å². The van der Waals surface area contributed by atoms with Crippen LogP contribution in [0.4, 0.5) is 0 Å². The minimum absolute atomic E-state index is 0.331. The van der Waals surface area contributed by atoms with Gasteiger partial charge in [-0.15, -0.1) is 0 Å². The van der Waals surface area contributed by atoms with E-state index in [2.05, 4.69) is 0 Å². The minimum Gasteiger partial charge on any atom is -0.380 e. The Hall–Kier alpha value is -0.920. The van der Waals surface area contributed by atoms with E-state index in [9.17, 15) is 9.67 Å². The molecular formula is C15H13Cl2O2P. The van der Waals surface area contributed by atoms with E-state index >= 15 is 0 Å². The van der Waals surface area contributed by atoms with Crippen LogP contribution in [-0.2, 0) is 9.98 Å². The molecular weight excluding hydrogens is 314 g/mol. The molecule has 0 bridgehead atoms.